The van der Waals surface area contributed by atoms with Gasteiger partial charge in [0.05, 0.1) is 19.3 Å². The van der Waals surface area contributed by atoms with Crippen LogP contribution >= 0.6 is 15.9 Å². The molecule has 1 aliphatic heterocycles. The van der Waals surface area contributed by atoms with Crippen molar-refractivity contribution in [3.05, 3.63) is 112 Å². The summed E-state index contributed by atoms with van der Waals surface area (Å²) in [6.07, 6.45) is 0.208. The first-order valence-electron chi connectivity index (χ1n) is 14.2. The van der Waals surface area contributed by atoms with E-state index in [2.05, 4.69) is 15.9 Å². The summed E-state index contributed by atoms with van der Waals surface area (Å²) in [6.45, 7) is 7.04. The summed E-state index contributed by atoms with van der Waals surface area (Å²) in [7, 11) is 0. The van der Waals surface area contributed by atoms with E-state index < -0.39 is 5.60 Å². The highest BCUT2D eigenvalue weighted by molar-refractivity contribution is 9.10. The Balaban J connectivity index is 1.24. The number of fused-ring (bicyclic) bond motifs is 1. The topological polar surface area (TPSA) is 65.1 Å². The quantitative estimate of drug-likeness (QED) is 0.184. The number of benzene rings is 4. The Kier molecular flexibility index (Phi) is 9.29. The Labute approximate surface area is 255 Å². The van der Waals surface area contributed by atoms with Gasteiger partial charge in [0, 0.05) is 22.5 Å². The maximum absolute atomic E-state index is 12.9. The molecule has 2 atom stereocenters. The second-order valence-electron chi connectivity index (χ2n) is 11.6. The maximum Gasteiger partial charge on any atom is 0.410 e. The Morgan fingerprint density at radius 1 is 0.905 bits per heavy atom. The van der Waals surface area contributed by atoms with Gasteiger partial charge in [-0.15, -0.1) is 0 Å². The first kappa shape index (κ1) is 29.8. The standard InChI is InChI=1S/C35H36BrNO5/c1-35(2,3)42-34(39)37-19-18-31(33(21-37)41-22-24-8-14-29(36)15-9-24)26-12-16-30(17-13-26)40-23-32(38)28-11-10-25-6-4-5-7-27(25)20-28/h4-17,20,31,33H,18-19,21-23H2,1-3H3. The number of carbonyl (C=O) groups is 2. The van der Waals surface area contributed by atoms with Gasteiger partial charge >= 0.3 is 6.09 Å². The molecule has 0 aromatic heterocycles. The van der Waals surface area contributed by atoms with E-state index in [1.807, 2.05) is 112 Å². The van der Waals surface area contributed by atoms with E-state index in [4.69, 9.17) is 14.2 Å². The number of likely N-dealkylation sites (tertiary alicyclic amines) is 1. The van der Waals surface area contributed by atoms with Crippen molar-refractivity contribution < 1.29 is 23.8 Å². The molecule has 2 unspecified atom stereocenters. The molecule has 7 heteroatoms. The zero-order chi connectivity index (χ0) is 29.7. The average molecular weight is 631 g/mol. The summed E-state index contributed by atoms with van der Waals surface area (Å²) in [5.74, 6) is 0.652. The average Bonchev–Trinajstić information content (AvgIpc) is 2.98. The summed E-state index contributed by atoms with van der Waals surface area (Å²) in [5.41, 5.74) is 2.24. The van der Waals surface area contributed by atoms with Crippen LogP contribution in [0.3, 0.4) is 0 Å². The van der Waals surface area contributed by atoms with Crippen molar-refractivity contribution in [3.8, 4) is 5.75 Å². The minimum atomic E-state index is -0.562. The van der Waals surface area contributed by atoms with E-state index >= 15 is 0 Å². The second-order valence-corrected chi connectivity index (χ2v) is 12.6. The van der Waals surface area contributed by atoms with Gasteiger partial charge in [-0.1, -0.05) is 76.6 Å². The van der Waals surface area contributed by atoms with Crippen LogP contribution in [0.5, 0.6) is 5.75 Å². The predicted octanol–water partition coefficient (Wildman–Crippen LogP) is 8.17. The van der Waals surface area contributed by atoms with E-state index in [1.165, 1.54) is 0 Å². The van der Waals surface area contributed by atoms with E-state index in [0.717, 1.165) is 32.8 Å². The lowest BCUT2D eigenvalue weighted by atomic mass is 9.87. The van der Waals surface area contributed by atoms with Crippen molar-refractivity contribution in [1.82, 2.24) is 4.90 Å². The largest absolute Gasteiger partial charge is 0.485 e. The molecule has 42 heavy (non-hydrogen) atoms. The van der Waals surface area contributed by atoms with Gasteiger partial charge in [0.25, 0.3) is 0 Å². The fraction of sp³-hybridized carbons (Fsp3) is 0.314. The van der Waals surface area contributed by atoms with Gasteiger partial charge in [-0.25, -0.2) is 4.79 Å². The van der Waals surface area contributed by atoms with Crippen molar-refractivity contribution in [1.29, 1.82) is 0 Å². The lowest BCUT2D eigenvalue weighted by Crippen LogP contribution is -2.48. The number of Topliss-reactive ketones (excluding diaryl/α,β-unsaturated/α-hetero) is 1. The highest BCUT2D eigenvalue weighted by Gasteiger charge is 2.35. The fourth-order valence-corrected chi connectivity index (χ4v) is 5.41. The molecule has 218 valence electrons. The Morgan fingerprint density at radius 3 is 2.33 bits per heavy atom. The van der Waals surface area contributed by atoms with Crippen molar-refractivity contribution in [2.75, 3.05) is 19.7 Å². The molecule has 4 aromatic rings. The number of piperidine rings is 1. The van der Waals surface area contributed by atoms with Crippen molar-refractivity contribution in [2.45, 2.75) is 51.4 Å². The normalized spacial score (nSPS) is 17.2. The summed E-state index contributed by atoms with van der Waals surface area (Å²) >= 11 is 3.48. The molecule has 1 fully saturated rings. The molecule has 5 rings (SSSR count). The maximum atomic E-state index is 12.9. The minimum Gasteiger partial charge on any atom is -0.485 e. The summed E-state index contributed by atoms with van der Waals surface area (Å²) in [6, 6.07) is 29.6. The van der Waals surface area contributed by atoms with E-state index in [0.29, 0.717) is 31.0 Å². The summed E-state index contributed by atoms with van der Waals surface area (Å²) in [5, 5.41) is 2.13. The third-order valence-corrected chi connectivity index (χ3v) is 7.87. The first-order chi connectivity index (χ1) is 20.1. The van der Waals surface area contributed by atoms with Crippen LogP contribution in [-0.4, -0.2) is 48.2 Å². The number of carbonyl (C=O) groups excluding carboxylic acids is 2. The second kappa shape index (κ2) is 13.1. The van der Waals surface area contributed by atoms with Crippen LogP contribution < -0.4 is 4.74 Å². The number of hydrogen-bond donors (Lipinski definition) is 0. The molecule has 0 saturated carbocycles. The van der Waals surface area contributed by atoms with E-state index in [1.54, 1.807) is 4.90 Å². The van der Waals surface area contributed by atoms with Crippen LogP contribution in [0.2, 0.25) is 0 Å². The van der Waals surface area contributed by atoms with Gasteiger partial charge < -0.3 is 19.1 Å². The number of halogens is 1. The summed E-state index contributed by atoms with van der Waals surface area (Å²) in [4.78, 5) is 27.4. The Morgan fingerprint density at radius 2 is 1.62 bits per heavy atom. The van der Waals surface area contributed by atoms with Gasteiger partial charge in [0.2, 0.25) is 0 Å². The monoisotopic (exact) mass is 629 g/mol. The van der Waals surface area contributed by atoms with Crippen molar-refractivity contribution in [3.63, 3.8) is 0 Å². The van der Waals surface area contributed by atoms with Crippen LogP contribution in [0.1, 0.15) is 54.6 Å². The number of amides is 1. The van der Waals surface area contributed by atoms with Gasteiger partial charge in [0.15, 0.2) is 12.4 Å². The van der Waals surface area contributed by atoms with Gasteiger partial charge in [-0.3, -0.25) is 4.79 Å². The number of nitrogens with zero attached hydrogens (tertiary/aromatic N) is 1. The SMILES string of the molecule is CC(C)(C)OC(=O)N1CCC(c2ccc(OCC(=O)c3ccc4ccccc4c3)cc2)C(OCc2ccc(Br)cc2)C1. The molecule has 0 aliphatic carbocycles. The number of hydrogen-bond acceptors (Lipinski definition) is 5. The smallest absolute Gasteiger partial charge is 0.410 e. The lowest BCUT2D eigenvalue weighted by molar-refractivity contribution is -0.0359. The molecule has 6 nitrogen and oxygen atoms in total. The van der Waals surface area contributed by atoms with Crippen LogP contribution in [0, 0.1) is 0 Å². The van der Waals surface area contributed by atoms with Crippen LogP contribution in [-0.2, 0) is 16.1 Å². The fourth-order valence-electron chi connectivity index (χ4n) is 5.15. The van der Waals surface area contributed by atoms with E-state index in [9.17, 15) is 9.59 Å². The molecular formula is C35H36BrNO5. The lowest BCUT2D eigenvalue weighted by Gasteiger charge is -2.39. The van der Waals surface area contributed by atoms with Crippen LogP contribution in [0.4, 0.5) is 4.79 Å². The van der Waals surface area contributed by atoms with Crippen molar-refractivity contribution >= 4 is 38.6 Å². The Bertz CT molecular complexity index is 1530. The molecule has 1 heterocycles. The molecule has 1 aliphatic rings. The highest BCUT2D eigenvalue weighted by Crippen LogP contribution is 2.33. The number of rotatable bonds is 8. The molecule has 0 spiro atoms. The molecule has 4 aromatic carbocycles. The first-order valence-corrected chi connectivity index (χ1v) is 15.0. The van der Waals surface area contributed by atoms with Crippen molar-refractivity contribution in [2.24, 2.45) is 0 Å². The molecule has 0 radical (unpaired) electrons. The summed E-state index contributed by atoms with van der Waals surface area (Å²) < 4.78 is 18.9. The minimum absolute atomic E-state index is 0.0368. The zero-order valence-electron chi connectivity index (χ0n) is 24.2. The van der Waals surface area contributed by atoms with Crippen LogP contribution in [0.25, 0.3) is 10.8 Å². The third-order valence-electron chi connectivity index (χ3n) is 7.34. The zero-order valence-corrected chi connectivity index (χ0v) is 25.8. The number of ether oxygens (including phenoxy) is 3. The van der Waals surface area contributed by atoms with Crippen LogP contribution in [0.15, 0.2) is 95.5 Å². The molecule has 0 N–H and O–H groups in total. The van der Waals surface area contributed by atoms with E-state index in [-0.39, 0.29) is 30.5 Å². The Hall–Kier alpha value is -3.68. The third kappa shape index (κ3) is 7.78. The van der Waals surface area contributed by atoms with Gasteiger partial charge in [-0.2, -0.15) is 0 Å². The molecule has 1 amide bonds. The number of ketones is 1. The predicted molar refractivity (Wildman–Crippen MR) is 168 cm³/mol. The molecule has 0 bridgehead atoms. The molecule has 1 saturated heterocycles. The van der Waals surface area contributed by atoms with Gasteiger partial charge in [-0.05, 0) is 79.4 Å². The molecular weight excluding hydrogens is 594 g/mol. The highest BCUT2D eigenvalue weighted by atomic mass is 79.9. The van der Waals surface area contributed by atoms with Gasteiger partial charge in [0.1, 0.15) is 11.4 Å².